The van der Waals surface area contributed by atoms with Gasteiger partial charge >= 0.3 is 0 Å². The summed E-state index contributed by atoms with van der Waals surface area (Å²) in [6.45, 7) is 11.1. The van der Waals surface area contributed by atoms with Crippen molar-refractivity contribution in [3.63, 3.8) is 0 Å². The predicted octanol–water partition coefficient (Wildman–Crippen LogP) is 6.42. The number of carbonyl (C=O) groups is 1. The van der Waals surface area contributed by atoms with Crippen LogP contribution in [-0.4, -0.2) is 32.0 Å². The molecule has 1 amide bonds. The summed E-state index contributed by atoms with van der Waals surface area (Å²) >= 11 is 5.85. The van der Waals surface area contributed by atoms with Gasteiger partial charge in [0.2, 0.25) is 5.91 Å². The Balaban J connectivity index is 1.48. The fourth-order valence-electron chi connectivity index (χ4n) is 5.72. The van der Waals surface area contributed by atoms with Gasteiger partial charge in [-0.25, -0.2) is 0 Å². The highest BCUT2D eigenvalue weighted by molar-refractivity contribution is 7.80. The number of anilines is 1. The van der Waals surface area contributed by atoms with Crippen molar-refractivity contribution in [3.05, 3.63) is 112 Å². The van der Waals surface area contributed by atoms with Gasteiger partial charge in [-0.3, -0.25) is 9.78 Å². The first-order valence-corrected chi connectivity index (χ1v) is 13.7. The van der Waals surface area contributed by atoms with Crippen LogP contribution in [0.3, 0.4) is 0 Å². The quantitative estimate of drug-likeness (QED) is 0.267. The highest BCUT2D eigenvalue weighted by atomic mass is 32.1. The summed E-state index contributed by atoms with van der Waals surface area (Å²) in [6.07, 6.45) is 2.13. The lowest BCUT2D eigenvalue weighted by atomic mass is 9.96. The summed E-state index contributed by atoms with van der Waals surface area (Å²) in [5.74, 6) is -0.0378. The molecule has 2 atom stereocenters. The molecule has 4 aromatic rings. The van der Waals surface area contributed by atoms with Crippen LogP contribution < -0.4 is 10.6 Å². The molecule has 2 N–H and O–H groups in total. The average molecular weight is 538 g/mol. The molecule has 1 aliphatic rings. The second-order valence-electron chi connectivity index (χ2n) is 10.5. The zero-order chi connectivity index (χ0) is 27.7. The fourth-order valence-corrected chi connectivity index (χ4v) is 6.05. The topological polar surface area (TPSA) is 62.2 Å². The maximum atomic E-state index is 12.9. The number of rotatable bonds is 7. The van der Waals surface area contributed by atoms with Crippen molar-refractivity contribution < 1.29 is 4.79 Å². The van der Waals surface area contributed by atoms with Gasteiger partial charge in [-0.2, -0.15) is 0 Å². The number of pyridine rings is 1. The van der Waals surface area contributed by atoms with E-state index in [2.05, 4.69) is 77.0 Å². The third-order valence-corrected chi connectivity index (χ3v) is 7.69. The van der Waals surface area contributed by atoms with Crippen molar-refractivity contribution >= 4 is 28.9 Å². The smallest absolute Gasteiger partial charge is 0.226 e. The number of aromatic nitrogens is 2. The molecule has 0 aliphatic carbocycles. The predicted molar refractivity (Wildman–Crippen MR) is 161 cm³/mol. The Morgan fingerprint density at radius 1 is 0.949 bits per heavy atom. The van der Waals surface area contributed by atoms with Gasteiger partial charge in [0, 0.05) is 41.9 Å². The SMILES string of the molecule is Cc1cccc(NC(=O)CCN2C(=S)N[C@H](c3ccccn3)[C@H]2c2cc(C)n(-c3cc(C)cc(C)c3)c2C)c1. The Labute approximate surface area is 236 Å². The summed E-state index contributed by atoms with van der Waals surface area (Å²) < 4.78 is 2.31. The standard InChI is InChI=1S/C32H35N5OS/c1-20-9-8-10-25(16-20)34-29(38)12-14-36-31(30(35-32(36)39)28-11-6-7-13-33-28)27-19-23(4)37(24(27)5)26-17-21(2)15-22(3)18-26/h6-11,13,15-19,30-31H,12,14H2,1-5H3,(H,34,38)(H,35,39)/t30-,31-/m1/s1. The Kier molecular flexibility index (Phi) is 7.53. The first-order chi connectivity index (χ1) is 18.7. The number of thiocarbonyl (C=S) groups is 1. The van der Waals surface area contributed by atoms with E-state index in [9.17, 15) is 4.79 Å². The molecule has 0 spiro atoms. The monoisotopic (exact) mass is 537 g/mol. The minimum Gasteiger partial charge on any atom is -0.352 e. The van der Waals surface area contributed by atoms with Crippen LogP contribution in [0, 0.1) is 34.6 Å². The van der Waals surface area contributed by atoms with E-state index in [-0.39, 0.29) is 18.0 Å². The molecule has 1 aliphatic heterocycles. The van der Waals surface area contributed by atoms with Crippen LogP contribution in [0.4, 0.5) is 5.69 Å². The summed E-state index contributed by atoms with van der Waals surface area (Å²) in [7, 11) is 0. The molecule has 2 aromatic heterocycles. The van der Waals surface area contributed by atoms with E-state index in [0.29, 0.717) is 18.1 Å². The summed E-state index contributed by atoms with van der Waals surface area (Å²) in [6, 6.07) is 22.4. The van der Waals surface area contributed by atoms with Crippen LogP contribution in [0.2, 0.25) is 0 Å². The molecule has 1 saturated heterocycles. The van der Waals surface area contributed by atoms with Crippen molar-refractivity contribution in [2.75, 3.05) is 11.9 Å². The summed E-state index contributed by atoms with van der Waals surface area (Å²) in [5.41, 5.74) is 9.94. The van der Waals surface area contributed by atoms with Gasteiger partial charge in [0.15, 0.2) is 5.11 Å². The van der Waals surface area contributed by atoms with E-state index < -0.39 is 0 Å². The minimum atomic E-state index is -0.133. The number of benzene rings is 2. The molecule has 200 valence electrons. The average Bonchev–Trinajstić information content (AvgIpc) is 3.37. The lowest BCUT2D eigenvalue weighted by Gasteiger charge is -2.28. The highest BCUT2D eigenvalue weighted by Crippen LogP contribution is 2.41. The number of aryl methyl sites for hydroxylation is 4. The summed E-state index contributed by atoms with van der Waals surface area (Å²) in [4.78, 5) is 19.8. The third-order valence-electron chi connectivity index (χ3n) is 7.33. The molecule has 2 aromatic carbocycles. The molecule has 1 fully saturated rings. The zero-order valence-electron chi connectivity index (χ0n) is 23.2. The van der Waals surface area contributed by atoms with E-state index in [1.54, 1.807) is 0 Å². The van der Waals surface area contributed by atoms with Crippen LogP contribution in [-0.2, 0) is 4.79 Å². The van der Waals surface area contributed by atoms with Gasteiger partial charge in [-0.1, -0.05) is 24.3 Å². The van der Waals surface area contributed by atoms with Crippen molar-refractivity contribution in [2.45, 2.75) is 53.1 Å². The maximum absolute atomic E-state index is 12.9. The molecule has 5 rings (SSSR count). The lowest BCUT2D eigenvalue weighted by Crippen LogP contribution is -2.32. The number of amides is 1. The Morgan fingerprint density at radius 3 is 2.41 bits per heavy atom. The van der Waals surface area contributed by atoms with E-state index in [1.165, 1.54) is 16.7 Å². The lowest BCUT2D eigenvalue weighted by molar-refractivity contribution is -0.116. The molecule has 0 bridgehead atoms. The van der Waals surface area contributed by atoms with Crippen LogP contribution in [0.15, 0.2) is 72.9 Å². The second kappa shape index (κ2) is 11.0. The van der Waals surface area contributed by atoms with E-state index in [4.69, 9.17) is 12.2 Å². The minimum absolute atomic E-state index is 0.0378. The zero-order valence-corrected chi connectivity index (χ0v) is 24.0. The number of nitrogens with zero attached hydrogens (tertiary/aromatic N) is 3. The molecular formula is C32H35N5OS. The second-order valence-corrected chi connectivity index (χ2v) is 10.9. The molecule has 0 radical (unpaired) electrons. The van der Waals surface area contributed by atoms with Crippen LogP contribution >= 0.6 is 12.2 Å². The van der Waals surface area contributed by atoms with Crippen molar-refractivity contribution in [1.29, 1.82) is 0 Å². The molecular weight excluding hydrogens is 502 g/mol. The van der Waals surface area contributed by atoms with Crippen molar-refractivity contribution in [3.8, 4) is 5.69 Å². The third kappa shape index (κ3) is 5.59. The molecule has 3 heterocycles. The molecule has 0 saturated carbocycles. The Morgan fingerprint density at radius 2 is 1.72 bits per heavy atom. The first kappa shape index (κ1) is 26.6. The molecule has 0 unspecified atom stereocenters. The number of nitrogens with one attached hydrogen (secondary N) is 2. The van der Waals surface area contributed by atoms with Crippen LogP contribution in [0.5, 0.6) is 0 Å². The number of hydrogen-bond acceptors (Lipinski definition) is 3. The molecule has 39 heavy (non-hydrogen) atoms. The largest absolute Gasteiger partial charge is 0.352 e. The van der Waals surface area contributed by atoms with Crippen LogP contribution in [0.25, 0.3) is 5.69 Å². The first-order valence-electron chi connectivity index (χ1n) is 13.3. The van der Waals surface area contributed by atoms with Gasteiger partial charge < -0.3 is 20.1 Å². The van der Waals surface area contributed by atoms with Crippen molar-refractivity contribution in [2.24, 2.45) is 0 Å². The van der Waals surface area contributed by atoms with Gasteiger partial charge in [-0.05, 0) is 112 Å². The van der Waals surface area contributed by atoms with Crippen LogP contribution in [0.1, 0.15) is 57.8 Å². The van der Waals surface area contributed by atoms with Gasteiger partial charge in [0.25, 0.3) is 0 Å². The highest BCUT2D eigenvalue weighted by Gasteiger charge is 2.41. The molecule has 6 nitrogen and oxygen atoms in total. The summed E-state index contributed by atoms with van der Waals surface area (Å²) in [5, 5.41) is 7.18. The molecule has 7 heteroatoms. The number of hydrogen-bond donors (Lipinski definition) is 2. The normalized spacial score (nSPS) is 16.8. The van der Waals surface area contributed by atoms with E-state index >= 15 is 0 Å². The van der Waals surface area contributed by atoms with Gasteiger partial charge in [0.1, 0.15) is 0 Å². The van der Waals surface area contributed by atoms with Crippen molar-refractivity contribution in [1.82, 2.24) is 19.8 Å². The van der Waals surface area contributed by atoms with E-state index in [1.807, 2.05) is 55.6 Å². The van der Waals surface area contributed by atoms with Gasteiger partial charge in [0.05, 0.1) is 17.8 Å². The number of carbonyl (C=O) groups excluding carboxylic acids is 1. The fraction of sp³-hybridized carbons (Fsp3) is 0.281. The maximum Gasteiger partial charge on any atom is 0.226 e. The van der Waals surface area contributed by atoms with E-state index in [0.717, 1.165) is 34.0 Å². The Hall–Kier alpha value is -3.97. The Bertz CT molecular complexity index is 1510. The van der Waals surface area contributed by atoms with Gasteiger partial charge in [-0.15, -0.1) is 0 Å².